The van der Waals surface area contributed by atoms with Gasteiger partial charge in [0.1, 0.15) is 0 Å². The third-order valence-corrected chi connectivity index (χ3v) is 5.81. The monoisotopic (exact) mass is 396 g/mol. The average molecular weight is 396 g/mol. The van der Waals surface area contributed by atoms with Gasteiger partial charge in [0, 0.05) is 31.6 Å². The minimum Gasteiger partial charge on any atom is -0.466 e. The van der Waals surface area contributed by atoms with E-state index >= 15 is 0 Å². The van der Waals surface area contributed by atoms with Gasteiger partial charge in [-0.1, -0.05) is 36.4 Å². The van der Waals surface area contributed by atoms with Crippen molar-refractivity contribution in [1.82, 2.24) is 10.2 Å². The molecule has 1 saturated heterocycles. The van der Waals surface area contributed by atoms with Crippen LogP contribution in [0.15, 0.2) is 48.5 Å². The van der Waals surface area contributed by atoms with Crippen molar-refractivity contribution in [2.75, 3.05) is 33.5 Å². The van der Waals surface area contributed by atoms with Crippen LogP contribution in [0.3, 0.4) is 0 Å². The summed E-state index contributed by atoms with van der Waals surface area (Å²) >= 11 is 0. The van der Waals surface area contributed by atoms with Gasteiger partial charge in [-0.15, -0.1) is 0 Å². The lowest BCUT2D eigenvalue weighted by atomic mass is 9.85. The third kappa shape index (κ3) is 4.23. The molecule has 2 aromatic carbocycles. The summed E-state index contributed by atoms with van der Waals surface area (Å²) in [5.74, 6) is 1.19. The number of likely N-dealkylation sites (N-methyl/N-ethyl adjacent to an activating group) is 1. The van der Waals surface area contributed by atoms with E-state index in [2.05, 4.69) is 29.4 Å². The number of benzene rings is 2. The van der Waals surface area contributed by atoms with Crippen molar-refractivity contribution in [2.45, 2.75) is 25.4 Å². The summed E-state index contributed by atoms with van der Waals surface area (Å²) in [4.78, 5) is 15.2. The van der Waals surface area contributed by atoms with Crippen molar-refractivity contribution < 1.29 is 19.0 Å². The number of carbonyl (C=O) groups excluding carboxylic acids is 1. The molecule has 0 spiro atoms. The molecular formula is C23H28N2O4. The summed E-state index contributed by atoms with van der Waals surface area (Å²) in [6.07, 6.45) is 0. The van der Waals surface area contributed by atoms with E-state index in [4.69, 9.17) is 14.2 Å². The van der Waals surface area contributed by atoms with Gasteiger partial charge in [-0.25, -0.2) is 0 Å². The molecule has 6 nitrogen and oxygen atoms in total. The van der Waals surface area contributed by atoms with E-state index in [1.54, 1.807) is 0 Å². The molecule has 2 aliphatic heterocycles. The molecule has 1 fully saturated rings. The first-order valence-electron chi connectivity index (χ1n) is 10.2. The molecule has 154 valence electrons. The van der Waals surface area contributed by atoms with Crippen LogP contribution in [-0.2, 0) is 16.1 Å². The quantitative estimate of drug-likeness (QED) is 0.727. The van der Waals surface area contributed by atoms with E-state index in [9.17, 15) is 4.79 Å². The topological polar surface area (TPSA) is 60.0 Å². The molecule has 4 rings (SSSR count). The summed E-state index contributed by atoms with van der Waals surface area (Å²) in [7, 11) is 2.08. The smallest absolute Gasteiger partial charge is 0.311 e. The molecule has 2 aliphatic rings. The van der Waals surface area contributed by atoms with Gasteiger partial charge in [0.15, 0.2) is 11.5 Å². The van der Waals surface area contributed by atoms with E-state index in [1.165, 1.54) is 5.56 Å². The second-order valence-electron chi connectivity index (χ2n) is 7.62. The number of esters is 1. The van der Waals surface area contributed by atoms with E-state index < -0.39 is 0 Å². The molecule has 3 unspecified atom stereocenters. The second-order valence-corrected chi connectivity index (χ2v) is 7.62. The second kappa shape index (κ2) is 8.84. The highest BCUT2D eigenvalue weighted by molar-refractivity contribution is 5.75. The summed E-state index contributed by atoms with van der Waals surface area (Å²) in [5, 5.41) is 3.52. The number of rotatable bonds is 7. The zero-order valence-corrected chi connectivity index (χ0v) is 17.0. The molecule has 3 atom stereocenters. The molecular weight excluding hydrogens is 368 g/mol. The molecule has 0 saturated carbocycles. The molecule has 29 heavy (non-hydrogen) atoms. The lowest BCUT2D eigenvalue weighted by Crippen LogP contribution is -2.42. The van der Waals surface area contributed by atoms with Gasteiger partial charge in [-0.2, -0.15) is 0 Å². The van der Waals surface area contributed by atoms with Crippen LogP contribution in [0.4, 0.5) is 0 Å². The van der Waals surface area contributed by atoms with Crippen molar-refractivity contribution in [3.05, 3.63) is 59.7 Å². The molecule has 1 N–H and O–H groups in total. The number of nitrogens with zero attached hydrogens (tertiary/aromatic N) is 1. The Kier molecular flexibility index (Phi) is 6.02. The average Bonchev–Trinajstić information content (AvgIpc) is 3.33. The summed E-state index contributed by atoms with van der Waals surface area (Å²) in [6, 6.07) is 16.3. The largest absolute Gasteiger partial charge is 0.466 e. The maximum absolute atomic E-state index is 12.9. The zero-order valence-electron chi connectivity index (χ0n) is 17.0. The molecule has 2 aromatic rings. The van der Waals surface area contributed by atoms with Crippen LogP contribution >= 0.6 is 0 Å². The predicted octanol–water partition coefficient (Wildman–Crippen LogP) is 2.78. The Hall–Kier alpha value is -2.57. The van der Waals surface area contributed by atoms with E-state index in [1.807, 2.05) is 43.3 Å². The van der Waals surface area contributed by atoms with Crippen LogP contribution in [0.1, 0.15) is 24.0 Å². The lowest BCUT2D eigenvalue weighted by Gasteiger charge is -2.25. The molecule has 0 aliphatic carbocycles. The molecule has 0 bridgehead atoms. The first-order chi connectivity index (χ1) is 14.2. The Morgan fingerprint density at radius 3 is 2.76 bits per heavy atom. The Balaban J connectivity index is 1.51. The number of likely N-dealkylation sites (tertiary alicyclic amines) is 1. The fourth-order valence-electron chi connectivity index (χ4n) is 4.36. The van der Waals surface area contributed by atoms with Crippen LogP contribution < -0.4 is 14.8 Å². The summed E-state index contributed by atoms with van der Waals surface area (Å²) in [6.45, 7) is 4.77. The van der Waals surface area contributed by atoms with Crippen molar-refractivity contribution in [2.24, 2.45) is 5.92 Å². The molecule has 0 radical (unpaired) electrons. The number of hydrogen-bond donors (Lipinski definition) is 1. The molecule has 0 aromatic heterocycles. The minimum absolute atomic E-state index is 0.0528. The Bertz CT molecular complexity index is 842. The highest BCUT2D eigenvalue weighted by Crippen LogP contribution is 2.41. The minimum atomic E-state index is -0.233. The zero-order chi connectivity index (χ0) is 20.2. The molecule has 6 heteroatoms. The van der Waals surface area contributed by atoms with E-state index in [0.717, 1.165) is 36.7 Å². The number of carbonyl (C=O) groups is 1. The van der Waals surface area contributed by atoms with E-state index in [-0.39, 0.29) is 30.6 Å². The van der Waals surface area contributed by atoms with Crippen molar-refractivity contribution in [3.63, 3.8) is 0 Å². The van der Waals surface area contributed by atoms with Gasteiger partial charge in [-0.05, 0) is 37.2 Å². The third-order valence-electron chi connectivity index (χ3n) is 5.81. The number of fused-ring (bicyclic) bond motifs is 1. The fraction of sp³-hybridized carbons (Fsp3) is 0.435. The SMILES string of the molecule is CCOC(=O)C1C(c2ccc3c(c2)OCO3)CN(C)C1CNCc1ccccc1. The Morgan fingerprint density at radius 2 is 1.97 bits per heavy atom. The Morgan fingerprint density at radius 1 is 1.17 bits per heavy atom. The van der Waals surface area contributed by atoms with Crippen LogP contribution in [0.5, 0.6) is 11.5 Å². The highest BCUT2D eigenvalue weighted by Gasteiger charge is 2.45. The van der Waals surface area contributed by atoms with Crippen LogP contribution in [-0.4, -0.2) is 50.4 Å². The first kappa shape index (κ1) is 19.7. The van der Waals surface area contributed by atoms with Crippen LogP contribution in [0.25, 0.3) is 0 Å². The van der Waals surface area contributed by atoms with Gasteiger partial charge < -0.3 is 24.4 Å². The maximum atomic E-state index is 12.9. The summed E-state index contributed by atoms with van der Waals surface area (Å²) < 4.78 is 16.4. The normalized spacial score (nSPS) is 23.3. The fourth-order valence-corrected chi connectivity index (χ4v) is 4.36. The van der Waals surface area contributed by atoms with E-state index in [0.29, 0.717) is 6.61 Å². The van der Waals surface area contributed by atoms with Crippen molar-refractivity contribution in [1.29, 1.82) is 0 Å². The number of hydrogen-bond acceptors (Lipinski definition) is 6. The first-order valence-corrected chi connectivity index (χ1v) is 10.2. The highest BCUT2D eigenvalue weighted by atomic mass is 16.7. The standard InChI is InChI=1S/C23H28N2O4/c1-3-27-23(26)22-18(17-9-10-20-21(11-17)29-15-28-20)14-25(2)19(22)13-24-12-16-7-5-4-6-8-16/h4-11,18-19,22,24H,3,12-15H2,1-2H3. The molecule has 2 heterocycles. The van der Waals surface area contributed by atoms with Crippen LogP contribution in [0, 0.1) is 5.92 Å². The maximum Gasteiger partial charge on any atom is 0.311 e. The van der Waals surface area contributed by atoms with Gasteiger partial charge in [0.05, 0.1) is 12.5 Å². The summed E-state index contributed by atoms with van der Waals surface area (Å²) in [5.41, 5.74) is 2.32. The molecule has 0 amide bonds. The van der Waals surface area contributed by atoms with Crippen molar-refractivity contribution >= 4 is 5.97 Å². The van der Waals surface area contributed by atoms with Crippen LogP contribution in [0.2, 0.25) is 0 Å². The van der Waals surface area contributed by atoms with Gasteiger partial charge in [0.25, 0.3) is 0 Å². The van der Waals surface area contributed by atoms with Gasteiger partial charge in [-0.3, -0.25) is 4.79 Å². The predicted molar refractivity (Wildman–Crippen MR) is 110 cm³/mol. The lowest BCUT2D eigenvalue weighted by molar-refractivity contribution is -0.149. The Labute approximate surface area is 171 Å². The number of ether oxygens (including phenoxy) is 3. The van der Waals surface area contributed by atoms with Gasteiger partial charge >= 0.3 is 5.97 Å². The number of nitrogens with one attached hydrogen (secondary N) is 1. The van der Waals surface area contributed by atoms with Gasteiger partial charge in [0.2, 0.25) is 6.79 Å². The van der Waals surface area contributed by atoms with Crippen molar-refractivity contribution in [3.8, 4) is 11.5 Å².